The fraction of sp³-hybridized carbons (Fsp3) is 0.214. The Morgan fingerprint density at radius 3 is 1.58 bits per heavy atom. The molecule has 0 bridgehead atoms. The molecule has 53 heavy (non-hydrogen) atoms. The predicted molar refractivity (Wildman–Crippen MR) is 199 cm³/mol. The highest BCUT2D eigenvalue weighted by Gasteiger charge is 2.52. The van der Waals surface area contributed by atoms with Crippen molar-refractivity contribution >= 4 is 29.5 Å². The van der Waals surface area contributed by atoms with E-state index in [4.69, 9.17) is 23.7 Å². The van der Waals surface area contributed by atoms with Crippen LogP contribution in [0.15, 0.2) is 140 Å². The fourth-order valence-electron chi connectivity index (χ4n) is 6.17. The average molecular weight is 717 g/mol. The van der Waals surface area contributed by atoms with E-state index in [0.29, 0.717) is 17.8 Å². The number of amides is 2. The molecule has 0 spiro atoms. The molecule has 2 amide bonds. The molecule has 3 N–H and O–H groups in total. The quantitative estimate of drug-likeness (QED) is 0.0886. The minimum Gasteiger partial charge on any atom is -0.455 e. The van der Waals surface area contributed by atoms with Crippen molar-refractivity contribution in [1.82, 2.24) is 0 Å². The summed E-state index contributed by atoms with van der Waals surface area (Å²) in [4.78, 5) is 40.7. The number of carbonyl (C=O) groups is 3. The van der Waals surface area contributed by atoms with Gasteiger partial charge in [-0.05, 0) is 35.2 Å². The molecule has 0 unspecified atom stereocenters. The number of carbonyl (C=O) groups excluding carboxylic acids is 3. The van der Waals surface area contributed by atoms with Gasteiger partial charge in [0.1, 0.15) is 6.10 Å². The van der Waals surface area contributed by atoms with Crippen molar-refractivity contribution in [2.75, 3.05) is 24.4 Å². The zero-order chi connectivity index (χ0) is 37.0. The van der Waals surface area contributed by atoms with Crippen LogP contribution in [0.4, 0.5) is 21.0 Å². The molecule has 0 radical (unpaired) electrons. The van der Waals surface area contributed by atoms with Gasteiger partial charge in [-0.1, -0.05) is 127 Å². The number of hydrogen-bond donors (Lipinski definition) is 3. The van der Waals surface area contributed by atoms with Crippen LogP contribution < -0.4 is 10.6 Å². The number of methoxy groups -OCH3 is 1. The minimum atomic E-state index is -1.48. The molecular weight excluding hydrogens is 676 g/mol. The summed E-state index contributed by atoms with van der Waals surface area (Å²) in [6.45, 7) is -0.627. The molecular formula is C42H40N2O9. The number of aryl methyl sites for hydroxylation is 1. The molecule has 0 aromatic heterocycles. The first kappa shape index (κ1) is 36.8. The Hall–Kier alpha value is -6.01. The third kappa shape index (κ3) is 9.46. The SMILES string of the molecule is CO[C@H]1O[C@H](CO)[C@@H](OC(=O)CCc2ccccc2)[C@H](OC(=O)Nc2ccccc2-c2ccccc2)[C@@H]1OC(=O)Nc1ccccc1-c1ccccc1. The predicted octanol–water partition coefficient (Wildman–Crippen LogP) is 7.46. The molecule has 1 heterocycles. The number of anilines is 2. The standard InChI is InChI=1S/C42H40N2O9/c1-49-40-39(53-42(48)44-34-24-14-12-22-32(34)30-19-9-4-10-20-30)38(37(35(27-45)50-40)51-36(46)26-25-28-15-5-2-6-16-28)52-41(47)43-33-23-13-11-21-31(33)29-17-7-3-8-18-29/h2-24,35,37-40,45H,25-27H2,1H3,(H,43,47)(H,44,48)/t35-,37-,38+,39+,40+/m1/s1. The molecule has 1 aliphatic heterocycles. The first-order chi connectivity index (χ1) is 25.9. The molecule has 5 aromatic carbocycles. The van der Waals surface area contributed by atoms with Crippen molar-refractivity contribution in [3.05, 3.63) is 145 Å². The molecule has 11 nitrogen and oxygen atoms in total. The van der Waals surface area contributed by atoms with Crippen LogP contribution in [0.1, 0.15) is 12.0 Å². The second kappa shape index (κ2) is 18.0. The summed E-state index contributed by atoms with van der Waals surface area (Å²) in [5, 5.41) is 16.0. The summed E-state index contributed by atoms with van der Waals surface area (Å²) in [6.07, 6.45) is -8.32. The van der Waals surface area contributed by atoms with Gasteiger partial charge in [0, 0.05) is 24.7 Å². The molecule has 272 valence electrons. The number of para-hydroxylation sites is 2. The number of aliphatic hydroxyl groups is 1. The molecule has 1 saturated heterocycles. The first-order valence-electron chi connectivity index (χ1n) is 17.2. The third-order valence-electron chi connectivity index (χ3n) is 8.72. The highest BCUT2D eigenvalue weighted by atomic mass is 16.7. The molecule has 5 aromatic rings. The number of nitrogens with one attached hydrogen (secondary N) is 2. The molecule has 0 saturated carbocycles. The van der Waals surface area contributed by atoms with Crippen LogP contribution in [0, 0.1) is 0 Å². The monoisotopic (exact) mass is 716 g/mol. The maximum atomic E-state index is 13.7. The minimum absolute atomic E-state index is 0.0159. The van der Waals surface area contributed by atoms with E-state index in [1.54, 1.807) is 24.3 Å². The maximum absolute atomic E-state index is 13.7. The summed E-state index contributed by atoms with van der Waals surface area (Å²) in [6, 6.07) is 42.7. The van der Waals surface area contributed by atoms with Crippen LogP contribution in [0.3, 0.4) is 0 Å². The van der Waals surface area contributed by atoms with Crippen LogP contribution in [0.25, 0.3) is 22.3 Å². The summed E-state index contributed by atoms with van der Waals surface area (Å²) in [5.41, 5.74) is 5.01. The number of aliphatic hydroxyl groups excluding tert-OH is 1. The first-order valence-corrected chi connectivity index (χ1v) is 17.2. The fourth-order valence-corrected chi connectivity index (χ4v) is 6.17. The summed E-state index contributed by atoms with van der Waals surface area (Å²) < 4.78 is 29.3. The second-order valence-corrected chi connectivity index (χ2v) is 12.2. The lowest BCUT2D eigenvalue weighted by Gasteiger charge is -2.43. The van der Waals surface area contributed by atoms with Crippen molar-refractivity contribution in [3.63, 3.8) is 0 Å². The molecule has 5 atom stereocenters. The molecule has 1 aliphatic rings. The zero-order valence-corrected chi connectivity index (χ0v) is 29.0. The lowest BCUT2D eigenvalue weighted by Crippen LogP contribution is -2.63. The zero-order valence-electron chi connectivity index (χ0n) is 29.0. The molecule has 1 fully saturated rings. The second-order valence-electron chi connectivity index (χ2n) is 12.2. The lowest BCUT2D eigenvalue weighted by atomic mass is 9.98. The van der Waals surface area contributed by atoms with Crippen LogP contribution in [-0.2, 0) is 34.9 Å². The largest absolute Gasteiger partial charge is 0.455 e. The Morgan fingerprint density at radius 2 is 1.08 bits per heavy atom. The van der Waals surface area contributed by atoms with Gasteiger partial charge in [-0.2, -0.15) is 0 Å². The number of benzene rings is 5. The molecule has 6 rings (SSSR count). The van der Waals surface area contributed by atoms with Crippen molar-refractivity contribution in [3.8, 4) is 22.3 Å². The molecule has 11 heteroatoms. The smallest absolute Gasteiger partial charge is 0.412 e. The number of rotatable bonds is 12. The number of esters is 1. The van der Waals surface area contributed by atoms with Crippen LogP contribution in [0.2, 0.25) is 0 Å². The van der Waals surface area contributed by atoms with Crippen molar-refractivity contribution < 1.29 is 43.2 Å². The van der Waals surface area contributed by atoms with Gasteiger partial charge in [0.15, 0.2) is 24.6 Å². The topological polar surface area (TPSA) is 142 Å². The Bertz CT molecular complexity index is 1960. The van der Waals surface area contributed by atoms with Gasteiger partial charge in [-0.25, -0.2) is 9.59 Å². The van der Waals surface area contributed by atoms with E-state index in [-0.39, 0.29) is 6.42 Å². The Labute approximate surface area is 307 Å². The Kier molecular flexibility index (Phi) is 12.5. The van der Waals surface area contributed by atoms with Gasteiger partial charge in [0.25, 0.3) is 0 Å². The highest BCUT2D eigenvalue weighted by Crippen LogP contribution is 2.33. The van der Waals surface area contributed by atoms with E-state index < -0.39 is 55.5 Å². The van der Waals surface area contributed by atoms with E-state index in [1.807, 2.05) is 115 Å². The van der Waals surface area contributed by atoms with E-state index in [1.165, 1.54) is 7.11 Å². The van der Waals surface area contributed by atoms with Gasteiger partial charge < -0.3 is 28.8 Å². The van der Waals surface area contributed by atoms with Gasteiger partial charge in [0.05, 0.1) is 18.0 Å². The van der Waals surface area contributed by atoms with E-state index in [2.05, 4.69) is 10.6 Å². The normalized spacial score (nSPS) is 19.4. The van der Waals surface area contributed by atoms with Crippen LogP contribution in [0.5, 0.6) is 0 Å². The van der Waals surface area contributed by atoms with E-state index in [0.717, 1.165) is 27.8 Å². The van der Waals surface area contributed by atoms with Crippen LogP contribution in [-0.4, -0.2) is 67.7 Å². The van der Waals surface area contributed by atoms with Crippen molar-refractivity contribution in [2.45, 2.75) is 43.5 Å². The Balaban J connectivity index is 1.27. The Morgan fingerprint density at radius 1 is 0.604 bits per heavy atom. The van der Waals surface area contributed by atoms with Crippen LogP contribution >= 0.6 is 0 Å². The van der Waals surface area contributed by atoms with Crippen molar-refractivity contribution in [2.24, 2.45) is 0 Å². The molecule has 0 aliphatic carbocycles. The number of hydrogen-bond acceptors (Lipinski definition) is 9. The number of ether oxygens (including phenoxy) is 5. The van der Waals surface area contributed by atoms with E-state index >= 15 is 0 Å². The van der Waals surface area contributed by atoms with Gasteiger partial charge in [-0.3, -0.25) is 15.4 Å². The van der Waals surface area contributed by atoms with Gasteiger partial charge >= 0.3 is 18.2 Å². The maximum Gasteiger partial charge on any atom is 0.412 e. The van der Waals surface area contributed by atoms with Crippen molar-refractivity contribution in [1.29, 1.82) is 0 Å². The van der Waals surface area contributed by atoms with Gasteiger partial charge in [0.2, 0.25) is 0 Å². The summed E-state index contributed by atoms with van der Waals surface area (Å²) in [5.74, 6) is -0.639. The van der Waals surface area contributed by atoms with E-state index in [9.17, 15) is 19.5 Å². The highest BCUT2D eigenvalue weighted by molar-refractivity contribution is 5.92. The third-order valence-corrected chi connectivity index (χ3v) is 8.72. The summed E-state index contributed by atoms with van der Waals surface area (Å²) >= 11 is 0. The summed E-state index contributed by atoms with van der Waals surface area (Å²) in [7, 11) is 1.32. The lowest BCUT2D eigenvalue weighted by molar-refractivity contribution is -0.294. The van der Waals surface area contributed by atoms with Gasteiger partial charge in [-0.15, -0.1) is 0 Å². The average Bonchev–Trinajstić information content (AvgIpc) is 3.20.